The highest BCUT2D eigenvalue weighted by Gasteiger charge is 2.26. The molecule has 0 aromatic carbocycles. The number of H-pyrrole nitrogens is 1. The molecule has 0 bridgehead atoms. The standard InChI is InChI=1S/C8H16N6O/c1-8(2,5(15)10-3)4-11-7-12-6(9)13-14-7/h4H2,1-3H3,(H,10,15)(H4,9,11,12,13,14). The fourth-order valence-electron chi connectivity index (χ4n) is 1.07. The van der Waals surface area contributed by atoms with E-state index in [1.54, 1.807) is 7.05 Å². The Morgan fingerprint density at radius 3 is 2.73 bits per heavy atom. The average Bonchev–Trinajstić information content (AvgIpc) is 2.60. The van der Waals surface area contributed by atoms with E-state index < -0.39 is 5.41 Å². The summed E-state index contributed by atoms with van der Waals surface area (Å²) in [6, 6.07) is 0. The largest absolute Gasteiger partial charge is 0.368 e. The first-order valence-electron chi connectivity index (χ1n) is 4.59. The number of nitrogen functional groups attached to an aromatic ring is 1. The minimum absolute atomic E-state index is 0.0430. The van der Waals surface area contributed by atoms with Crippen LogP contribution in [0.2, 0.25) is 0 Å². The van der Waals surface area contributed by atoms with Crippen molar-refractivity contribution >= 4 is 17.8 Å². The first kappa shape index (κ1) is 11.3. The number of nitrogens with zero attached hydrogens (tertiary/aromatic N) is 2. The van der Waals surface area contributed by atoms with E-state index in [0.717, 1.165) is 0 Å². The van der Waals surface area contributed by atoms with Gasteiger partial charge in [0.2, 0.25) is 17.8 Å². The Labute approximate surface area is 87.8 Å². The van der Waals surface area contributed by atoms with Gasteiger partial charge in [0.25, 0.3) is 0 Å². The summed E-state index contributed by atoms with van der Waals surface area (Å²) in [5.41, 5.74) is 4.83. The van der Waals surface area contributed by atoms with Crippen LogP contribution >= 0.6 is 0 Å². The highest BCUT2D eigenvalue weighted by atomic mass is 16.2. The summed E-state index contributed by atoms with van der Waals surface area (Å²) in [6.07, 6.45) is 0. The number of aromatic amines is 1. The van der Waals surface area contributed by atoms with Crippen LogP contribution in [0.25, 0.3) is 0 Å². The van der Waals surface area contributed by atoms with Crippen LogP contribution in [0.4, 0.5) is 11.9 Å². The molecule has 1 aromatic rings. The normalized spacial score (nSPS) is 11.1. The lowest BCUT2D eigenvalue weighted by atomic mass is 9.92. The van der Waals surface area contributed by atoms with E-state index in [2.05, 4.69) is 25.8 Å². The van der Waals surface area contributed by atoms with E-state index in [4.69, 9.17) is 5.73 Å². The molecule has 1 rings (SSSR count). The highest BCUT2D eigenvalue weighted by Crippen LogP contribution is 2.15. The van der Waals surface area contributed by atoms with Crippen molar-refractivity contribution in [3.8, 4) is 0 Å². The first-order valence-corrected chi connectivity index (χ1v) is 4.59. The van der Waals surface area contributed by atoms with Gasteiger partial charge in [-0.15, -0.1) is 5.10 Å². The van der Waals surface area contributed by atoms with Crippen molar-refractivity contribution in [2.24, 2.45) is 5.41 Å². The summed E-state index contributed by atoms with van der Waals surface area (Å²) < 4.78 is 0. The molecule has 0 radical (unpaired) electrons. The number of aromatic nitrogens is 3. The van der Waals surface area contributed by atoms with Crippen LogP contribution in [0.1, 0.15) is 13.8 Å². The number of rotatable bonds is 4. The number of nitrogens with one attached hydrogen (secondary N) is 3. The van der Waals surface area contributed by atoms with Gasteiger partial charge in [0.1, 0.15) is 0 Å². The topological polar surface area (TPSA) is 109 Å². The first-order chi connectivity index (χ1) is 6.95. The fraction of sp³-hybridized carbons (Fsp3) is 0.625. The van der Waals surface area contributed by atoms with E-state index in [9.17, 15) is 4.79 Å². The summed E-state index contributed by atoms with van der Waals surface area (Å²) in [6.45, 7) is 4.09. The maximum absolute atomic E-state index is 11.4. The van der Waals surface area contributed by atoms with E-state index in [-0.39, 0.29) is 11.9 Å². The Balaban J connectivity index is 2.53. The second kappa shape index (κ2) is 4.16. The monoisotopic (exact) mass is 212 g/mol. The molecular formula is C8H16N6O. The van der Waals surface area contributed by atoms with Crippen molar-refractivity contribution in [3.63, 3.8) is 0 Å². The van der Waals surface area contributed by atoms with Gasteiger partial charge in [-0.05, 0) is 13.8 Å². The molecule has 7 nitrogen and oxygen atoms in total. The van der Waals surface area contributed by atoms with Crippen molar-refractivity contribution in [3.05, 3.63) is 0 Å². The van der Waals surface area contributed by atoms with E-state index in [0.29, 0.717) is 12.5 Å². The van der Waals surface area contributed by atoms with Crippen molar-refractivity contribution in [1.82, 2.24) is 20.5 Å². The molecule has 0 spiro atoms. The summed E-state index contributed by atoms with van der Waals surface area (Å²) in [5.74, 6) is 0.596. The number of nitrogens with two attached hydrogens (primary N) is 1. The van der Waals surface area contributed by atoms with Crippen molar-refractivity contribution in [2.45, 2.75) is 13.8 Å². The summed E-state index contributed by atoms with van der Waals surface area (Å²) in [4.78, 5) is 15.3. The van der Waals surface area contributed by atoms with Crippen LogP contribution in [-0.4, -0.2) is 34.7 Å². The van der Waals surface area contributed by atoms with Gasteiger partial charge in [-0.1, -0.05) is 0 Å². The second-order valence-electron chi connectivity index (χ2n) is 3.86. The van der Waals surface area contributed by atoms with Gasteiger partial charge in [-0.25, -0.2) is 5.10 Å². The van der Waals surface area contributed by atoms with Crippen LogP contribution in [0.3, 0.4) is 0 Å². The van der Waals surface area contributed by atoms with Crippen molar-refractivity contribution in [1.29, 1.82) is 0 Å². The maximum Gasteiger partial charge on any atom is 0.243 e. The van der Waals surface area contributed by atoms with Gasteiger partial charge in [-0.2, -0.15) is 4.98 Å². The molecule has 1 amide bonds. The molecule has 0 aliphatic rings. The predicted octanol–water partition coefficient (Wildman–Crippen LogP) is -0.429. The van der Waals surface area contributed by atoms with Crippen LogP contribution < -0.4 is 16.4 Å². The summed E-state index contributed by atoms with van der Waals surface area (Å²) in [5, 5.41) is 11.8. The molecule has 0 aliphatic heterocycles. The Morgan fingerprint density at radius 2 is 2.27 bits per heavy atom. The van der Waals surface area contributed by atoms with Gasteiger partial charge in [-0.3, -0.25) is 4.79 Å². The highest BCUT2D eigenvalue weighted by molar-refractivity contribution is 5.82. The lowest BCUT2D eigenvalue weighted by Gasteiger charge is -2.22. The predicted molar refractivity (Wildman–Crippen MR) is 57.1 cm³/mol. The van der Waals surface area contributed by atoms with Gasteiger partial charge in [0.15, 0.2) is 0 Å². The van der Waals surface area contributed by atoms with Crippen molar-refractivity contribution < 1.29 is 4.79 Å². The lowest BCUT2D eigenvalue weighted by molar-refractivity contribution is -0.128. The Kier molecular flexibility index (Phi) is 3.13. The van der Waals surface area contributed by atoms with Gasteiger partial charge in [0.05, 0.1) is 5.41 Å². The fourth-order valence-corrected chi connectivity index (χ4v) is 1.07. The zero-order valence-corrected chi connectivity index (χ0v) is 9.09. The summed E-state index contributed by atoms with van der Waals surface area (Å²) >= 11 is 0. The molecule has 1 aromatic heterocycles. The molecule has 0 saturated carbocycles. The molecule has 15 heavy (non-hydrogen) atoms. The molecule has 5 N–H and O–H groups in total. The van der Waals surface area contributed by atoms with Crippen molar-refractivity contribution in [2.75, 3.05) is 24.6 Å². The molecule has 0 unspecified atom stereocenters. The number of hydrogen-bond donors (Lipinski definition) is 4. The zero-order chi connectivity index (χ0) is 11.5. The molecule has 0 aliphatic carbocycles. The Hall–Kier alpha value is -1.79. The third-order valence-corrected chi connectivity index (χ3v) is 2.03. The second-order valence-corrected chi connectivity index (χ2v) is 3.86. The van der Waals surface area contributed by atoms with Crippen LogP contribution in [0, 0.1) is 5.41 Å². The van der Waals surface area contributed by atoms with Crippen LogP contribution in [0.15, 0.2) is 0 Å². The molecule has 1 heterocycles. The van der Waals surface area contributed by atoms with E-state index >= 15 is 0 Å². The Morgan fingerprint density at radius 1 is 1.60 bits per heavy atom. The minimum Gasteiger partial charge on any atom is -0.368 e. The van der Waals surface area contributed by atoms with Gasteiger partial charge in [0, 0.05) is 13.6 Å². The van der Waals surface area contributed by atoms with Crippen LogP contribution in [0.5, 0.6) is 0 Å². The third kappa shape index (κ3) is 2.83. The minimum atomic E-state index is -0.524. The van der Waals surface area contributed by atoms with E-state index in [1.807, 2.05) is 13.8 Å². The smallest absolute Gasteiger partial charge is 0.243 e. The van der Waals surface area contributed by atoms with Crippen LogP contribution in [-0.2, 0) is 4.79 Å². The third-order valence-electron chi connectivity index (χ3n) is 2.03. The molecule has 0 atom stereocenters. The molecule has 84 valence electrons. The SMILES string of the molecule is CNC(=O)C(C)(C)CNc1n[nH]c(N)n1. The lowest BCUT2D eigenvalue weighted by Crippen LogP contribution is -2.39. The zero-order valence-electron chi connectivity index (χ0n) is 9.09. The quantitative estimate of drug-likeness (QED) is 0.541. The molecular weight excluding hydrogens is 196 g/mol. The summed E-state index contributed by atoms with van der Waals surface area (Å²) in [7, 11) is 1.61. The molecule has 0 saturated heterocycles. The van der Waals surface area contributed by atoms with Gasteiger partial charge >= 0.3 is 0 Å². The maximum atomic E-state index is 11.4. The molecule has 0 fully saturated rings. The molecule has 7 heteroatoms. The number of hydrogen-bond acceptors (Lipinski definition) is 5. The number of carbonyl (C=O) groups excluding carboxylic acids is 1. The Bertz CT molecular complexity index is 345. The van der Waals surface area contributed by atoms with E-state index in [1.165, 1.54) is 0 Å². The number of anilines is 2. The number of carbonyl (C=O) groups is 1. The number of amides is 1. The average molecular weight is 212 g/mol. The van der Waals surface area contributed by atoms with Gasteiger partial charge < -0.3 is 16.4 Å².